The molecule has 0 bridgehead atoms. The number of hydrogen-bond acceptors (Lipinski definition) is 5. The average molecular weight is 481 g/mol. The Bertz CT molecular complexity index is 1600. The normalized spacial score (nSPS) is 16.6. The third kappa shape index (κ3) is 3.75. The molecule has 0 aliphatic carbocycles. The summed E-state index contributed by atoms with van der Waals surface area (Å²) in [5.74, 6) is -0.815. The van der Waals surface area contributed by atoms with E-state index < -0.39 is 5.91 Å². The summed E-state index contributed by atoms with van der Waals surface area (Å²) < 4.78 is 16.2. The van der Waals surface area contributed by atoms with Crippen LogP contribution in [0.3, 0.4) is 0 Å². The van der Waals surface area contributed by atoms with Crippen LogP contribution in [0.4, 0.5) is 4.39 Å². The zero-order valence-corrected chi connectivity index (χ0v) is 19.0. The van der Waals surface area contributed by atoms with Crippen LogP contribution < -0.4 is 0 Å². The SMILES string of the molecule is N=C1/C(=C/c2cn(Cc3ccccc3F)c3ccccc23)C(=O)N=C2SC(c3cccnc3)=NN12. The fraction of sp³-hybridized carbons (Fsp3) is 0.0385. The molecule has 1 amide bonds. The Labute approximate surface area is 203 Å². The number of thioether (sulfide) groups is 1. The Balaban J connectivity index is 1.39. The first kappa shape index (κ1) is 21.2. The number of amidine groups is 2. The van der Waals surface area contributed by atoms with Crippen LogP contribution in [0.5, 0.6) is 0 Å². The number of rotatable bonds is 4. The summed E-state index contributed by atoms with van der Waals surface area (Å²) in [7, 11) is 0. The third-order valence-corrected chi connectivity index (χ3v) is 6.74. The van der Waals surface area contributed by atoms with E-state index in [1.54, 1.807) is 42.7 Å². The largest absolute Gasteiger partial charge is 0.342 e. The fourth-order valence-corrected chi connectivity index (χ4v) is 4.97. The molecule has 2 aliphatic rings. The van der Waals surface area contributed by atoms with Gasteiger partial charge in [-0.25, -0.2) is 4.39 Å². The van der Waals surface area contributed by atoms with Crippen molar-refractivity contribution in [2.75, 3.05) is 0 Å². The standard InChI is InChI=1S/C26H17FN6OS/c27-21-9-3-1-6-17(21)14-32-15-18(19-8-2-4-10-22(19)32)12-20-23(28)33-26(30-24(20)34)35-25(31-33)16-7-5-11-29-13-16/h1-13,15,28H,14H2/b20-12-,28-23?. The molecule has 9 heteroatoms. The summed E-state index contributed by atoms with van der Waals surface area (Å²) in [5, 5.41) is 16.4. The molecule has 7 nitrogen and oxygen atoms in total. The number of carbonyl (C=O) groups excluding carboxylic acids is 1. The zero-order chi connectivity index (χ0) is 23.9. The molecule has 0 saturated carbocycles. The topological polar surface area (TPSA) is 86.7 Å². The first-order valence-electron chi connectivity index (χ1n) is 10.8. The minimum atomic E-state index is -0.498. The number of hydrogen-bond donors (Lipinski definition) is 1. The van der Waals surface area contributed by atoms with Crippen molar-refractivity contribution in [3.8, 4) is 0 Å². The molecule has 35 heavy (non-hydrogen) atoms. The fourth-order valence-electron chi connectivity index (χ4n) is 4.08. The van der Waals surface area contributed by atoms with E-state index in [9.17, 15) is 9.18 Å². The van der Waals surface area contributed by atoms with Crippen LogP contribution in [0.15, 0.2) is 94.9 Å². The highest BCUT2D eigenvalue weighted by Gasteiger charge is 2.36. The number of para-hydroxylation sites is 1. The first-order chi connectivity index (χ1) is 17.1. The maximum atomic E-state index is 14.3. The number of halogens is 1. The van der Waals surface area contributed by atoms with Crippen LogP contribution in [-0.2, 0) is 11.3 Å². The van der Waals surface area contributed by atoms with Crippen molar-refractivity contribution in [2.24, 2.45) is 10.1 Å². The molecule has 0 saturated heterocycles. The lowest BCUT2D eigenvalue weighted by atomic mass is 10.1. The highest BCUT2D eigenvalue weighted by atomic mass is 32.2. The second-order valence-corrected chi connectivity index (χ2v) is 8.94. The number of pyridine rings is 1. The summed E-state index contributed by atoms with van der Waals surface area (Å²) in [6.07, 6.45) is 6.88. The Hall–Kier alpha value is -4.37. The van der Waals surface area contributed by atoms with Gasteiger partial charge < -0.3 is 4.57 Å². The van der Waals surface area contributed by atoms with Gasteiger partial charge in [-0.3, -0.25) is 15.2 Å². The molecular weight excluding hydrogens is 463 g/mol. The van der Waals surface area contributed by atoms with Gasteiger partial charge in [0.2, 0.25) is 5.17 Å². The Kier molecular flexibility index (Phi) is 5.11. The minimum Gasteiger partial charge on any atom is -0.342 e. The van der Waals surface area contributed by atoms with E-state index in [0.717, 1.165) is 22.0 Å². The molecule has 170 valence electrons. The Morgan fingerprint density at radius 3 is 2.71 bits per heavy atom. The lowest BCUT2D eigenvalue weighted by Gasteiger charge is -2.20. The second-order valence-electron chi connectivity index (χ2n) is 7.99. The van der Waals surface area contributed by atoms with Crippen molar-refractivity contribution in [1.82, 2.24) is 14.6 Å². The van der Waals surface area contributed by atoms with E-state index in [4.69, 9.17) is 5.41 Å². The molecule has 0 spiro atoms. The van der Waals surface area contributed by atoms with Crippen molar-refractivity contribution in [2.45, 2.75) is 6.54 Å². The maximum absolute atomic E-state index is 14.3. The molecule has 0 radical (unpaired) electrons. The minimum absolute atomic E-state index is 0.0441. The van der Waals surface area contributed by atoms with Gasteiger partial charge in [-0.1, -0.05) is 36.4 Å². The lowest BCUT2D eigenvalue weighted by molar-refractivity contribution is -0.114. The van der Waals surface area contributed by atoms with Gasteiger partial charge in [0, 0.05) is 46.2 Å². The molecule has 1 N–H and O–H groups in total. The van der Waals surface area contributed by atoms with Gasteiger partial charge in [0.1, 0.15) is 10.9 Å². The number of fused-ring (bicyclic) bond motifs is 2. The number of benzene rings is 2. The van der Waals surface area contributed by atoms with Gasteiger partial charge in [-0.15, -0.1) is 0 Å². The molecule has 2 aromatic carbocycles. The monoisotopic (exact) mass is 480 g/mol. The Morgan fingerprint density at radius 1 is 1.06 bits per heavy atom. The van der Waals surface area contributed by atoms with Gasteiger partial charge in [0.25, 0.3) is 5.91 Å². The van der Waals surface area contributed by atoms with Crippen LogP contribution in [0, 0.1) is 11.2 Å². The van der Waals surface area contributed by atoms with E-state index in [-0.39, 0.29) is 17.2 Å². The van der Waals surface area contributed by atoms with Crippen molar-refractivity contribution in [3.05, 3.63) is 107 Å². The van der Waals surface area contributed by atoms with Crippen molar-refractivity contribution in [3.63, 3.8) is 0 Å². The van der Waals surface area contributed by atoms with E-state index >= 15 is 0 Å². The molecule has 2 aliphatic heterocycles. The van der Waals surface area contributed by atoms with Crippen LogP contribution in [-0.4, -0.2) is 36.5 Å². The lowest BCUT2D eigenvalue weighted by Crippen LogP contribution is -2.35. The van der Waals surface area contributed by atoms with E-state index in [1.807, 2.05) is 41.1 Å². The predicted molar refractivity (Wildman–Crippen MR) is 136 cm³/mol. The highest BCUT2D eigenvalue weighted by Crippen LogP contribution is 2.32. The number of hydrazone groups is 1. The van der Waals surface area contributed by atoms with Gasteiger partial charge in [-0.2, -0.15) is 15.1 Å². The van der Waals surface area contributed by atoms with E-state index in [2.05, 4.69) is 15.1 Å². The maximum Gasteiger partial charge on any atom is 0.283 e. The Morgan fingerprint density at radius 2 is 1.89 bits per heavy atom. The quantitative estimate of drug-likeness (QED) is 0.422. The smallest absolute Gasteiger partial charge is 0.283 e. The summed E-state index contributed by atoms with van der Waals surface area (Å²) >= 11 is 1.23. The average Bonchev–Trinajstić information content (AvgIpc) is 3.46. The summed E-state index contributed by atoms with van der Waals surface area (Å²) in [4.78, 5) is 21.2. The first-order valence-corrected chi connectivity index (χ1v) is 11.6. The molecule has 0 atom stereocenters. The summed E-state index contributed by atoms with van der Waals surface area (Å²) in [6.45, 7) is 0.339. The van der Waals surface area contributed by atoms with Gasteiger partial charge >= 0.3 is 0 Å². The molecule has 4 heterocycles. The number of amides is 1. The van der Waals surface area contributed by atoms with Crippen molar-refractivity contribution >= 4 is 50.7 Å². The molecule has 2 aromatic heterocycles. The molecular formula is C26H17FN6OS. The molecule has 0 fully saturated rings. The zero-order valence-electron chi connectivity index (χ0n) is 18.2. The molecule has 6 rings (SSSR count). The number of aromatic nitrogens is 2. The number of nitrogens with one attached hydrogen (secondary N) is 1. The number of carbonyl (C=O) groups is 1. The highest BCUT2D eigenvalue weighted by molar-refractivity contribution is 8.27. The van der Waals surface area contributed by atoms with Crippen molar-refractivity contribution < 1.29 is 9.18 Å². The van der Waals surface area contributed by atoms with Gasteiger partial charge in [0.15, 0.2) is 5.84 Å². The predicted octanol–water partition coefficient (Wildman–Crippen LogP) is 4.89. The van der Waals surface area contributed by atoms with Gasteiger partial charge in [-0.05, 0) is 42.1 Å². The van der Waals surface area contributed by atoms with E-state index in [1.165, 1.54) is 22.8 Å². The van der Waals surface area contributed by atoms with E-state index in [0.29, 0.717) is 22.3 Å². The number of aliphatic imine (C=N–C) groups is 1. The van der Waals surface area contributed by atoms with Crippen LogP contribution in [0.1, 0.15) is 16.7 Å². The van der Waals surface area contributed by atoms with Crippen LogP contribution >= 0.6 is 11.8 Å². The summed E-state index contributed by atoms with van der Waals surface area (Å²) in [6, 6.07) is 18.0. The van der Waals surface area contributed by atoms with Gasteiger partial charge in [0.05, 0.1) is 12.1 Å². The molecule has 0 unspecified atom stereocenters. The van der Waals surface area contributed by atoms with Crippen LogP contribution in [0.25, 0.3) is 17.0 Å². The summed E-state index contributed by atoms with van der Waals surface area (Å²) in [5.41, 5.74) is 3.13. The third-order valence-electron chi connectivity index (χ3n) is 5.78. The molecule has 4 aromatic rings. The van der Waals surface area contributed by atoms with Crippen molar-refractivity contribution in [1.29, 1.82) is 5.41 Å². The number of nitrogens with zero attached hydrogens (tertiary/aromatic N) is 5. The second kappa shape index (κ2) is 8.44. The van der Waals surface area contributed by atoms with Crippen LogP contribution in [0.2, 0.25) is 0 Å².